The van der Waals surface area contributed by atoms with Crippen molar-refractivity contribution in [3.63, 3.8) is 0 Å². The molecule has 2 unspecified atom stereocenters. The minimum atomic E-state index is 0.131. The summed E-state index contributed by atoms with van der Waals surface area (Å²) in [6, 6.07) is 58.1. The molecule has 2 heterocycles. The zero-order valence-electron chi connectivity index (χ0n) is 34.9. The van der Waals surface area contributed by atoms with Crippen molar-refractivity contribution in [2.45, 2.75) is 99.5 Å². The smallest absolute Gasteiger partial charge is 0.0743 e. The fourth-order valence-corrected chi connectivity index (χ4v) is 10.5. The first-order chi connectivity index (χ1) is 29.1. The van der Waals surface area contributed by atoms with E-state index in [-0.39, 0.29) is 24.3 Å². The van der Waals surface area contributed by atoms with Gasteiger partial charge in [0.05, 0.1) is 37.5 Å². The number of ether oxygens (including phenoxy) is 2. The Morgan fingerprint density at radius 1 is 0.475 bits per heavy atom. The SMILES string of the molecule is CCCc1c(C[C@H]2CN(Cc3ccccc3)C(c3ccccc3)CO2)cccc1Sc1cccc(C[C@H]2CN(Cc3ccccc3)C(c3ccccc3)CO2)c1CCC. The van der Waals surface area contributed by atoms with E-state index in [4.69, 9.17) is 9.47 Å². The fourth-order valence-electron chi connectivity index (χ4n) is 9.22. The van der Waals surface area contributed by atoms with Crippen LogP contribution in [0.1, 0.15) is 83.3 Å². The lowest BCUT2D eigenvalue weighted by Crippen LogP contribution is -2.45. The molecule has 4 nitrogen and oxygen atoms in total. The van der Waals surface area contributed by atoms with Crippen molar-refractivity contribution in [2.24, 2.45) is 0 Å². The molecule has 59 heavy (non-hydrogen) atoms. The second-order valence-electron chi connectivity index (χ2n) is 16.4. The van der Waals surface area contributed by atoms with Gasteiger partial charge in [-0.1, -0.05) is 184 Å². The van der Waals surface area contributed by atoms with E-state index in [0.717, 1.165) is 64.7 Å². The molecule has 2 saturated heterocycles. The van der Waals surface area contributed by atoms with E-state index < -0.39 is 0 Å². The first kappa shape index (κ1) is 41.3. The van der Waals surface area contributed by atoms with Gasteiger partial charge in [-0.25, -0.2) is 0 Å². The third-order valence-electron chi connectivity index (χ3n) is 12.1. The maximum absolute atomic E-state index is 6.76. The Balaban J connectivity index is 1.01. The lowest BCUT2D eigenvalue weighted by molar-refractivity contribution is -0.0677. The molecule has 0 radical (unpaired) electrons. The van der Waals surface area contributed by atoms with Crippen LogP contribution in [-0.4, -0.2) is 48.3 Å². The van der Waals surface area contributed by atoms with Gasteiger partial charge in [-0.2, -0.15) is 0 Å². The van der Waals surface area contributed by atoms with Crippen molar-refractivity contribution in [2.75, 3.05) is 26.3 Å². The summed E-state index contributed by atoms with van der Waals surface area (Å²) in [6.07, 6.45) is 6.43. The molecule has 2 aliphatic heterocycles. The van der Waals surface area contributed by atoms with E-state index in [0.29, 0.717) is 13.2 Å². The molecule has 5 heteroatoms. The van der Waals surface area contributed by atoms with E-state index in [9.17, 15) is 0 Å². The minimum Gasteiger partial charge on any atom is -0.375 e. The van der Waals surface area contributed by atoms with Crippen molar-refractivity contribution in [3.8, 4) is 0 Å². The molecule has 0 saturated carbocycles. The van der Waals surface area contributed by atoms with Crippen LogP contribution in [0.2, 0.25) is 0 Å². The van der Waals surface area contributed by atoms with E-state index in [1.165, 1.54) is 54.3 Å². The third kappa shape index (κ3) is 10.6. The molecule has 0 aliphatic carbocycles. The van der Waals surface area contributed by atoms with E-state index >= 15 is 0 Å². The molecule has 0 spiro atoms. The average Bonchev–Trinajstić information content (AvgIpc) is 3.27. The summed E-state index contributed by atoms with van der Waals surface area (Å²) in [4.78, 5) is 8.04. The summed E-state index contributed by atoms with van der Waals surface area (Å²) in [5, 5.41) is 0. The summed E-state index contributed by atoms with van der Waals surface area (Å²) >= 11 is 1.97. The monoisotopic (exact) mass is 800 g/mol. The molecule has 6 aromatic rings. The maximum atomic E-state index is 6.76. The molecule has 0 aromatic heterocycles. The second-order valence-corrected chi connectivity index (χ2v) is 17.5. The second kappa shape index (κ2) is 20.7. The Morgan fingerprint density at radius 2 is 0.864 bits per heavy atom. The van der Waals surface area contributed by atoms with E-state index in [1.54, 1.807) is 0 Å². The molecule has 6 aromatic carbocycles. The van der Waals surface area contributed by atoms with Crippen LogP contribution in [0.3, 0.4) is 0 Å². The highest BCUT2D eigenvalue weighted by Gasteiger charge is 2.32. The highest BCUT2D eigenvalue weighted by atomic mass is 32.2. The molecule has 0 bridgehead atoms. The van der Waals surface area contributed by atoms with Crippen molar-refractivity contribution < 1.29 is 9.47 Å². The van der Waals surface area contributed by atoms with E-state index in [1.807, 2.05) is 11.8 Å². The first-order valence-electron chi connectivity index (χ1n) is 21.9. The fraction of sp³-hybridized carbons (Fsp3) is 0.333. The van der Waals surface area contributed by atoms with Gasteiger partial charge in [0.15, 0.2) is 0 Å². The maximum Gasteiger partial charge on any atom is 0.0743 e. The largest absolute Gasteiger partial charge is 0.375 e. The van der Waals surface area contributed by atoms with Crippen molar-refractivity contribution in [3.05, 3.63) is 202 Å². The molecular formula is C54H60N2O2S. The summed E-state index contributed by atoms with van der Waals surface area (Å²) in [7, 11) is 0. The van der Waals surface area contributed by atoms with Gasteiger partial charge in [-0.3, -0.25) is 9.80 Å². The molecule has 304 valence electrons. The van der Waals surface area contributed by atoms with Crippen LogP contribution >= 0.6 is 11.8 Å². The van der Waals surface area contributed by atoms with Gasteiger partial charge in [-0.15, -0.1) is 0 Å². The number of morpholine rings is 2. The Kier molecular flexibility index (Phi) is 14.4. The molecule has 0 N–H and O–H groups in total. The number of rotatable bonds is 16. The number of hydrogen-bond acceptors (Lipinski definition) is 5. The van der Waals surface area contributed by atoms with Gasteiger partial charge in [0.1, 0.15) is 0 Å². The molecule has 2 aliphatic rings. The Labute approximate surface area is 357 Å². The summed E-state index contributed by atoms with van der Waals surface area (Å²) in [6.45, 7) is 9.66. The van der Waals surface area contributed by atoms with Crippen LogP contribution in [0, 0.1) is 0 Å². The highest BCUT2D eigenvalue weighted by Crippen LogP contribution is 2.39. The van der Waals surface area contributed by atoms with Gasteiger partial charge in [0.25, 0.3) is 0 Å². The van der Waals surface area contributed by atoms with Crippen LogP contribution in [-0.2, 0) is 48.2 Å². The molecule has 2 fully saturated rings. The average molecular weight is 801 g/mol. The Hall–Kier alpha value is -4.49. The van der Waals surface area contributed by atoms with Crippen LogP contribution < -0.4 is 0 Å². The van der Waals surface area contributed by atoms with Gasteiger partial charge in [0.2, 0.25) is 0 Å². The lowest BCUT2D eigenvalue weighted by atomic mass is 9.95. The van der Waals surface area contributed by atoms with Crippen molar-refractivity contribution in [1.29, 1.82) is 0 Å². The molecule has 4 atom stereocenters. The Bertz CT molecular complexity index is 2020. The van der Waals surface area contributed by atoms with Crippen molar-refractivity contribution in [1.82, 2.24) is 9.80 Å². The van der Waals surface area contributed by atoms with Gasteiger partial charge in [0, 0.05) is 48.8 Å². The van der Waals surface area contributed by atoms with Gasteiger partial charge < -0.3 is 9.47 Å². The molecule has 0 amide bonds. The normalized spacial score (nSPS) is 20.1. The number of nitrogens with zero attached hydrogens (tertiary/aromatic N) is 2. The zero-order chi connectivity index (χ0) is 40.2. The highest BCUT2D eigenvalue weighted by molar-refractivity contribution is 7.99. The standard InChI is InChI=1S/C54H60N2O2S/c1-3-19-49-45(33-47-37-55(35-41-21-9-5-10-22-41)51(39-57-47)43-25-13-7-14-26-43)29-17-31-53(49)59-54-32-18-30-46(50(54)20-4-2)34-48-38-56(36-42-23-11-6-12-24-42)52(40-58-48)44-27-15-8-16-28-44/h5-18,21-32,47-48,51-52H,3-4,19-20,33-40H2,1-2H3/t47-,48-,51?,52?/m0/s1. The summed E-state index contributed by atoms with van der Waals surface area (Å²) in [5.74, 6) is 0. The predicted octanol–water partition coefficient (Wildman–Crippen LogP) is 12.1. The molecule has 8 rings (SSSR count). The lowest BCUT2D eigenvalue weighted by Gasteiger charge is -2.40. The Morgan fingerprint density at radius 3 is 1.25 bits per heavy atom. The van der Waals surface area contributed by atoms with Gasteiger partial charge >= 0.3 is 0 Å². The van der Waals surface area contributed by atoms with Crippen molar-refractivity contribution >= 4 is 11.8 Å². The van der Waals surface area contributed by atoms with Crippen LogP contribution in [0.4, 0.5) is 0 Å². The number of benzene rings is 6. The van der Waals surface area contributed by atoms with Gasteiger partial charge in [-0.05, 0) is 69.5 Å². The van der Waals surface area contributed by atoms with Crippen LogP contribution in [0.15, 0.2) is 168 Å². The van der Waals surface area contributed by atoms with Crippen LogP contribution in [0.25, 0.3) is 0 Å². The minimum absolute atomic E-state index is 0.131. The topological polar surface area (TPSA) is 24.9 Å². The zero-order valence-corrected chi connectivity index (χ0v) is 35.7. The molecular weight excluding hydrogens is 741 g/mol. The summed E-state index contributed by atoms with van der Waals surface area (Å²) < 4.78 is 13.5. The first-order valence-corrected chi connectivity index (χ1v) is 22.7. The number of hydrogen-bond donors (Lipinski definition) is 0. The third-order valence-corrected chi connectivity index (χ3v) is 13.3. The summed E-state index contributed by atoms with van der Waals surface area (Å²) in [5.41, 5.74) is 11.2. The van der Waals surface area contributed by atoms with E-state index in [2.05, 4.69) is 181 Å². The predicted molar refractivity (Wildman–Crippen MR) is 244 cm³/mol. The quantitative estimate of drug-likeness (QED) is 0.0971. The van der Waals surface area contributed by atoms with Crippen LogP contribution in [0.5, 0.6) is 0 Å².